The van der Waals surface area contributed by atoms with E-state index in [1.165, 1.54) is 15.3 Å². The van der Waals surface area contributed by atoms with Gasteiger partial charge in [-0.1, -0.05) is 11.6 Å². The Kier molecular flexibility index (Phi) is 6.16. The van der Waals surface area contributed by atoms with Crippen molar-refractivity contribution in [2.45, 2.75) is 0 Å². The number of halogens is 1. The van der Waals surface area contributed by atoms with Crippen LogP contribution in [0.4, 0.5) is 5.69 Å². The van der Waals surface area contributed by atoms with Crippen LogP contribution in [0.3, 0.4) is 0 Å². The highest BCUT2D eigenvalue weighted by atomic mass is 35.5. The van der Waals surface area contributed by atoms with E-state index in [1.54, 1.807) is 0 Å². The highest BCUT2D eigenvalue weighted by Gasteiger charge is 2.27. The predicted molar refractivity (Wildman–Crippen MR) is 91.4 cm³/mol. The van der Waals surface area contributed by atoms with Crippen molar-refractivity contribution >= 4 is 39.2 Å². The summed E-state index contributed by atoms with van der Waals surface area (Å²) in [4.78, 5) is 35.6. The summed E-state index contributed by atoms with van der Waals surface area (Å²) in [6.07, 6.45) is 1.09. The summed E-state index contributed by atoms with van der Waals surface area (Å²) in [5, 5.41) is 10.7. The van der Waals surface area contributed by atoms with Gasteiger partial charge in [-0.25, -0.2) is 13.2 Å². The Morgan fingerprint density at radius 1 is 1.27 bits per heavy atom. The number of sulfonamides is 1. The minimum Gasteiger partial charge on any atom is -0.452 e. The molecule has 0 unspecified atom stereocenters. The first-order valence-corrected chi connectivity index (χ1v) is 9.66. The summed E-state index contributed by atoms with van der Waals surface area (Å²) in [7, 11) is -3.31. The lowest BCUT2D eigenvalue weighted by atomic mass is 10.2. The molecular formula is C14H16ClN3O7S. The molecule has 10 nitrogen and oxygen atoms in total. The third kappa shape index (κ3) is 4.90. The third-order valence-corrected chi connectivity index (χ3v) is 5.40. The molecule has 1 heterocycles. The standard InChI is InChI=1S/C14H16ClN3O7S/c1-26(23,24)17-6-4-16(5-7-17)13(19)9-25-14(20)11-8-10(18(21)22)2-3-12(11)15/h2-3,8H,4-7,9H2,1H3. The number of rotatable bonds is 5. The fourth-order valence-electron chi connectivity index (χ4n) is 2.35. The van der Waals surface area contributed by atoms with Crippen LogP contribution in [0.1, 0.15) is 10.4 Å². The predicted octanol–water partition coefficient (Wildman–Crippen LogP) is 0.509. The van der Waals surface area contributed by atoms with Crippen molar-refractivity contribution in [2.24, 2.45) is 0 Å². The van der Waals surface area contributed by atoms with Crippen molar-refractivity contribution in [3.8, 4) is 0 Å². The Hall–Kier alpha value is -2.24. The number of benzene rings is 1. The number of nitro benzene ring substituents is 1. The average molecular weight is 406 g/mol. The molecule has 0 saturated carbocycles. The van der Waals surface area contributed by atoms with Crippen LogP contribution in [0.2, 0.25) is 5.02 Å². The van der Waals surface area contributed by atoms with Gasteiger partial charge in [0.05, 0.1) is 21.8 Å². The van der Waals surface area contributed by atoms with Crippen molar-refractivity contribution < 1.29 is 27.7 Å². The molecule has 1 aliphatic rings. The van der Waals surface area contributed by atoms with Crippen molar-refractivity contribution in [2.75, 3.05) is 39.0 Å². The normalized spacial score (nSPS) is 15.5. The maximum Gasteiger partial charge on any atom is 0.340 e. The average Bonchev–Trinajstić information content (AvgIpc) is 2.58. The second-order valence-electron chi connectivity index (χ2n) is 5.54. The van der Waals surface area contributed by atoms with Crippen LogP contribution < -0.4 is 0 Å². The van der Waals surface area contributed by atoms with Gasteiger partial charge in [-0.05, 0) is 6.07 Å². The summed E-state index contributed by atoms with van der Waals surface area (Å²) >= 11 is 5.84. The number of nitro groups is 1. The summed E-state index contributed by atoms with van der Waals surface area (Å²) in [5.41, 5.74) is -0.542. The molecule has 0 radical (unpaired) electrons. The van der Waals surface area contributed by atoms with Gasteiger partial charge in [-0.2, -0.15) is 4.31 Å². The Balaban J connectivity index is 1.93. The molecule has 0 atom stereocenters. The molecule has 1 saturated heterocycles. The fourth-order valence-corrected chi connectivity index (χ4v) is 3.37. The first-order chi connectivity index (χ1) is 12.1. The fraction of sp³-hybridized carbons (Fsp3) is 0.429. The number of non-ortho nitro benzene ring substituents is 1. The van der Waals surface area contributed by atoms with Crippen LogP contribution in [0.5, 0.6) is 0 Å². The van der Waals surface area contributed by atoms with Crippen LogP contribution in [0.25, 0.3) is 0 Å². The zero-order chi connectivity index (χ0) is 19.5. The van der Waals surface area contributed by atoms with E-state index in [1.807, 2.05) is 0 Å². The molecule has 0 N–H and O–H groups in total. The van der Waals surface area contributed by atoms with Gasteiger partial charge in [-0.15, -0.1) is 0 Å². The van der Waals surface area contributed by atoms with E-state index < -0.39 is 33.4 Å². The molecule has 1 aliphatic heterocycles. The second-order valence-corrected chi connectivity index (χ2v) is 7.93. The third-order valence-electron chi connectivity index (χ3n) is 3.77. The van der Waals surface area contributed by atoms with Crippen molar-refractivity contribution in [1.29, 1.82) is 0 Å². The van der Waals surface area contributed by atoms with E-state index in [4.69, 9.17) is 16.3 Å². The van der Waals surface area contributed by atoms with E-state index in [2.05, 4.69) is 0 Å². The summed E-state index contributed by atoms with van der Waals surface area (Å²) in [6, 6.07) is 3.31. The van der Waals surface area contributed by atoms with Gasteiger partial charge < -0.3 is 9.64 Å². The minimum atomic E-state index is -3.31. The first-order valence-electron chi connectivity index (χ1n) is 7.43. The summed E-state index contributed by atoms with van der Waals surface area (Å²) in [5.74, 6) is -1.45. The maximum absolute atomic E-state index is 12.1. The molecule has 1 aromatic rings. The van der Waals surface area contributed by atoms with E-state index in [0.29, 0.717) is 0 Å². The molecule has 12 heteroatoms. The maximum atomic E-state index is 12.1. The molecule has 142 valence electrons. The monoisotopic (exact) mass is 405 g/mol. The van der Waals surface area contributed by atoms with Gasteiger partial charge in [0.25, 0.3) is 11.6 Å². The lowest BCUT2D eigenvalue weighted by Gasteiger charge is -2.33. The van der Waals surface area contributed by atoms with E-state index >= 15 is 0 Å². The molecule has 26 heavy (non-hydrogen) atoms. The highest BCUT2D eigenvalue weighted by Crippen LogP contribution is 2.22. The number of esters is 1. The summed E-state index contributed by atoms with van der Waals surface area (Å²) < 4.78 is 29.0. The molecule has 0 aromatic heterocycles. The number of nitrogens with zero attached hydrogens (tertiary/aromatic N) is 3. The number of ether oxygens (including phenoxy) is 1. The smallest absolute Gasteiger partial charge is 0.340 e. The molecule has 0 spiro atoms. The number of piperazine rings is 1. The zero-order valence-electron chi connectivity index (χ0n) is 13.8. The topological polar surface area (TPSA) is 127 Å². The molecular weight excluding hydrogens is 390 g/mol. The number of carbonyl (C=O) groups is 2. The van der Waals surface area contributed by atoms with Gasteiger partial charge in [-0.3, -0.25) is 14.9 Å². The number of hydrogen-bond acceptors (Lipinski definition) is 7. The SMILES string of the molecule is CS(=O)(=O)N1CCN(C(=O)COC(=O)c2cc([N+](=O)[O-])ccc2Cl)CC1. The molecule has 1 amide bonds. The van der Waals surface area contributed by atoms with Gasteiger partial charge in [0.2, 0.25) is 10.0 Å². The summed E-state index contributed by atoms with van der Waals surface area (Å²) in [6.45, 7) is 0.114. The van der Waals surface area contributed by atoms with Crippen LogP contribution in [-0.2, 0) is 19.6 Å². The Morgan fingerprint density at radius 3 is 2.42 bits per heavy atom. The van der Waals surface area contributed by atoms with Gasteiger partial charge in [0.1, 0.15) is 0 Å². The Labute approximate surface area is 154 Å². The molecule has 2 rings (SSSR count). The van der Waals surface area contributed by atoms with Gasteiger partial charge in [0, 0.05) is 38.3 Å². The quantitative estimate of drug-likeness (QED) is 0.396. The van der Waals surface area contributed by atoms with Crippen LogP contribution in [0.15, 0.2) is 18.2 Å². The van der Waals surface area contributed by atoms with Crippen LogP contribution in [0, 0.1) is 10.1 Å². The molecule has 1 fully saturated rings. The van der Waals surface area contributed by atoms with Crippen LogP contribution >= 0.6 is 11.6 Å². The van der Waals surface area contributed by atoms with Crippen molar-refractivity contribution in [3.63, 3.8) is 0 Å². The number of carbonyl (C=O) groups excluding carboxylic acids is 2. The molecule has 0 aliphatic carbocycles. The highest BCUT2D eigenvalue weighted by molar-refractivity contribution is 7.88. The number of amides is 1. The Morgan fingerprint density at radius 2 is 1.88 bits per heavy atom. The first kappa shape index (κ1) is 20.1. The zero-order valence-corrected chi connectivity index (χ0v) is 15.3. The van der Waals surface area contributed by atoms with E-state index in [0.717, 1.165) is 18.4 Å². The minimum absolute atomic E-state index is 0.0326. The largest absolute Gasteiger partial charge is 0.452 e. The lowest BCUT2D eigenvalue weighted by molar-refractivity contribution is -0.384. The van der Waals surface area contributed by atoms with Crippen molar-refractivity contribution in [1.82, 2.24) is 9.21 Å². The lowest BCUT2D eigenvalue weighted by Crippen LogP contribution is -2.51. The van der Waals surface area contributed by atoms with Gasteiger partial charge in [0.15, 0.2) is 6.61 Å². The van der Waals surface area contributed by atoms with Crippen LogP contribution in [-0.4, -0.2) is 73.5 Å². The number of hydrogen-bond donors (Lipinski definition) is 0. The Bertz CT molecular complexity index is 835. The van der Waals surface area contributed by atoms with Crippen molar-refractivity contribution in [3.05, 3.63) is 38.9 Å². The second kappa shape index (κ2) is 7.98. The molecule has 0 bridgehead atoms. The van der Waals surface area contributed by atoms with E-state index in [9.17, 15) is 28.1 Å². The molecule has 1 aromatic carbocycles. The van der Waals surface area contributed by atoms with Gasteiger partial charge >= 0.3 is 5.97 Å². The van der Waals surface area contributed by atoms with E-state index in [-0.39, 0.29) is 42.5 Å².